The largest absolute Gasteiger partial charge is 0.454 e. The number of rotatable bonds is 9. The minimum absolute atomic E-state index is 0.0178. The average Bonchev–Trinajstić information content (AvgIpc) is 3.23. The lowest BCUT2D eigenvalue weighted by Crippen LogP contribution is -2.50. The summed E-state index contributed by atoms with van der Waals surface area (Å²) in [4.78, 5) is 49.4. The van der Waals surface area contributed by atoms with Crippen LogP contribution in [0.5, 0.6) is 11.5 Å². The first-order valence-corrected chi connectivity index (χ1v) is 12.9. The molecule has 3 amide bonds. The second-order valence-electron chi connectivity index (χ2n) is 9.68. The summed E-state index contributed by atoms with van der Waals surface area (Å²) in [6, 6.07) is 7.77. The number of amides is 3. The fourth-order valence-corrected chi connectivity index (χ4v) is 5.55. The van der Waals surface area contributed by atoms with E-state index < -0.39 is 11.9 Å². The standard InChI is InChI=1S/C26H27N7O4S/c1-26-8-20(25(36)31-12-18-7-15(14-38-18)23(27)28)33(21(26)9-26)22(34)13-32-24(35)19-5-4-17(11-30-19)37-16-3-2-6-29-10-16/h2-7,10-11,14,20-21H,8-9,12-13H2,1H3,(H3,27,28)(H,31,36)(H,32,35)/t20-,21-,26+/m0/s1. The number of likely N-dealkylation sites (tertiary alicyclic amines) is 1. The number of thiophene rings is 1. The Morgan fingerprint density at radius 1 is 1.21 bits per heavy atom. The van der Waals surface area contributed by atoms with Crippen molar-refractivity contribution in [1.82, 2.24) is 25.5 Å². The van der Waals surface area contributed by atoms with Crippen LogP contribution in [-0.4, -0.2) is 57.1 Å². The zero-order valence-corrected chi connectivity index (χ0v) is 21.5. The summed E-state index contributed by atoms with van der Waals surface area (Å²) in [6.07, 6.45) is 6.04. The van der Waals surface area contributed by atoms with Crippen molar-refractivity contribution < 1.29 is 19.1 Å². The molecule has 0 aromatic carbocycles. The normalized spacial score (nSPS) is 21.3. The Kier molecular flexibility index (Phi) is 6.81. The predicted octanol–water partition coefficient (Wildman–Crippen LogP) is 2.04. The summed E-state index contributed by atoms with van der Waals surface area (Å²) >= 11 is 1.41. The Hall–Kier alpha value is -4.32. The molecule has 1 saturated carbocycles. The highest BCUT2D eigenvalue weighted by Crippen LogP contribution is 2.59. The summed E-state index contributed by atoms with van der Waals surface area (Å²) in [5, 5.41) is 14.8. The van der Waals surface area contributed by atoms with E-state index in [4.69, 9.17) is 15.9 Å². The summed E-state index contributed by atoms with van der Waals surface area (Å²) < 4.78 is 5.63. The lowest BCUT2D eigenvalue weighted by molar-refractivity contribution is -0.139. The van der Waals surface area contributed by atoms with Crippen LogP contribution < -0.4 is 21.1 Å². The molecule has 5 N–H and O–H groups in total. The number of nitrogens with one attached hydrogen (secondary N) is 3. The van der Waals surface area contributed by atoms with Gasteiger partial charge in [0.2, 0.25) is 11.8 Å². The number of nitrogen functional groups attached to an aromatic ring is 1. The number of hydrogen-bond acceptors (Lipinski definition) is 8. The first-order valence-electron chi connectivity index (χ1n) is 12.1. The number of nitrogens with zero attached hydrogens (tertiary/aromatic N) is 3. The van der Waals surface area contributed by atoms with Gasteiger partial charge in [0.1, 0.15) is 29.1 Å². The van der Waals surface area contributed by atoms with Gasteiger partial charge >= 0.3 is 0 Å². The minimum Gasteiger partial charge on any atom is -0.454 e. The average molecular weight is 534 g/mol. The fourth-order valence-electron chi connectivity index (χ4n) is 4.72. The highest BCUT2D eigenvalue weighted by atomic mass is 32.1. The summed E-state index contributed by atoms with van der Waals surface area (Å²) in [5.74, 6) is -0.0677. The second kappa shape index (κ2) is 10.2. The molecule has 2 aliphatic rings. The maximum absolute atomic E-state index is 13.1. The number of amidine groups is 1. The molecule has 196 valence electrons. The molecule has 3 aromatic rings. The van der Waals surface area contributed by atoms with Crippen LogP contribution in [0.1, 0.15) is 40.7 Å². The Labute approximate surface area is 222 Å². The van der Waals surface area contributed by atoms with Gasteiger partial charge in [-0.3, -0.25) is 24.8 Å². The van der Waals surface area contributed by atoms with Crippen LogP contribution >= 0.6 is 11.3 Å². The van der Waals surface area contributed by atoms with Crippen molar-refractivity contribution >= 4 is 34.9 Å². The van der Waals surface area contributed by atoms with Gasteiger partial charge in [0.05, 0.1) is 25.5 Å². The molecule has 5 rings (SSSR count). The van der Waals surface area contributed by atoms with E-state index in [1.165, 1.54) is 23.6 Å². The van der Waals surface area contributed by atoms with Crippen LogP contribution in [0.4, 0.5) is 0 Å². The van der Waals surface area contributed by atoms with Crippen molar-refractivity contribution in [3.63, 3.8) is 0 Å². The maximum Gasteiger partial charge on any atom is 0.270 e. The molecule has 1 aliphatic heterocycles. The lowest BCUT2D eigenvalue weighted by atomic mass is 10.0. The Balaban J connectivity index is 1.16. The van der Waals surface area contributed by atoms with Crippen LogP contribution in [-0.2, 0) is 16.1 Å². The van der Waals surface area contributed by atoms with Crippen molar-refractivity contribution in [2.75, 3.05) is 6.54 Å². The van der Waals surface area contributed by atoms with E-state index in [1.807, 2.05) is 0 Å². The van der Waals surface area contributed by atoms with E-state index in [9.17, 15) is 14.4 Å². The molecule has 1 saturated heterocycles. The number of piperidine rings is 1. The van der Waals surface area contributed by atoms with Gasteiger partial charge in [0.15, 0.2) is 0 Å². The van der Waals surface area contributed by atoms with Gasteiger partial charge in [0.25, 0.3) is 5.91 Å². The summed E-state index contributed by atoms with van der Waals surface area (Å²) in [7, 11) is 0. The zero-order chi connectivity index (χ0) is 26.9. The van der Waals surface area contributed by atoms with Gasteiger partial charge in [0, 0.05) is 28.1 Å². The number of carbonyl (C=O) groups is 3. The molecule has 0 spiro atoms. The van der Waals surface area contributed by atoms with Crippen molar-refractivity contribution in [1.29, 1.82) is 5.41 Å². The van der Waals surface area contributed by atoms with E-state index in [-0.39, 0.29) is 41.3 Å². The number of aromatic nitrogens is 2. The number of ether oxygens (including phenoxy) is 1. The van der Waals surface area contributed by atoms with E-state index in [0.717, 1.165) is 11.3 Å². The second-order valence-corrected chi connectivity index (χ2v) is 10.7. The van der Waals surface area contributed by atoms with Crippen LogP contribution in [0.25, 0.3) is 0 Å². The number of nitrogens with two attached hydrogens (primary N) is 1. The smallest absolute Gasteiger partial charge is 0.270 e. The monoisotopic (exact) mass is 533 g/mol. The number of pyridine rings is 2. The summed E-state index contributed by atoms with van der Waals surface area (Å²) in [5.41, 5.74) is 6.18. The molecule has 3 aromatic heterocycles. The molecule has 11 nitrogen and oxygen atoms in total. The topological polar surface area (TPSA) is 163 Å². The number of hydrogen-bond donors (Lipinski definition) is 4. The third-order valence-corrected chi connectivity index (χ3v) is 7.80. The van der Waals surface area contributed by atoms with Gasteiger partial charge in [-0.15, -0.1) is 11.3 Å². The highest BCUT2D eigenvalue weighted by Gasteiger charge is 2.64. The molecule has 0 bridgehead atoms. The SMILES string of the molecule is C[C@@]12C[C@@H]1N(C(=O)CNC(=O)c1ccc(Oc3cccnc3)cn1)[C@H](C(=O)NCc1cc(C(=N)N)cs1)C2. The number of carbonyl (C=O) groups excluding carboxylic acids is 3. The Morgan fingerprint density at radius 3 is 2.71 bits per heavy atom. The minimum atomic E-state index is -0.600. The van der Waals surface area contributed by atoms with Crippen molar-refractivity contribution in [2.45, 2.75) is 38.4 Å². The molecule has 1 aliphatic carbocycles. The first kappa shape index (κ1) is 25.3. The molecule has 4 heterocycles. The molecular weight excluding hydrogens is 506 g/mol. The predicted molar refractivity (Wildman–Crippen MR) is 140 cm³/mol. The maximum atomic E-state index is 13.1. The van der Waals surface area contributed by atoms with Gasteiger partial charge in [-0.1, -0.05) is 6.92 Å². The molecule has 0 unspecified atom stereocenters. The molecule has 0 radical (unpaired) electrons. The van der Waals surface area contributed by atoms with E-state index >= 15 is 0 Å². The molecule has 3 atom stereocenters. The Morgan fingerprint density at radius 2 is 2.03 bits per heavy atom. The summed E-state index contributed by atoms with van der Waals surface area (Å²) in [6.45, 7) is 2.12. The van der Waals surface area contributed by atoms with Gasteiger partial charge in [-0.05, 0) is 48.6 Å². The van der Waals surface area contributed by atoms with Crippen LogP contribution in [0.3, 0.4) is 0 Å². The lowest BCUT2D eigenvalue weighted by Gasteiger charge is -2.27. The van der Waals surface area contributed by atoms with Crippen LogP contribution in [0.2, 0.25) is 0 Å². The van der Waals surface area contributed by atoms with E-state index in [1.54, 1.807) is 46.9 Å². The van der Waals surface area contributed by atoms with Crippen LogP contribution in [0, 0.1) is 10.8 Å². The van der Waals surface area contributed by atoms with Gasteiger partial charge in [-0.25, -0.2) is 4.98 Å². The highest BCUT2D eigenvalue weighted by molar-refractivity contribution is 7.10. The van der Waals surface area contributed by atoms with Crippen molar-refractivity contribution in [3.05, 3.63) is 70.4 Å². The molecular formula is C26H27N7O4S. The Bertz CT molecular complexity index is 1380. The van der Waals surface area contributed by atoms with Gasteiger partial charge < -0.3 is 26.0 Å². The molecule has 38 heavy (non-hydrogen) atoms. The van der Waals surface area contributed by atoms with Crippen molar-refractivity contribution in [2.24, 2.45) is 11.1 Å². The van der Waals surface area contributed by atoms with Crippen LogP contribution in [0.15, 0.2) is 54.3 Å². The zero-order valence-electron chi connectivity index (χ0n) is 20.6. The van der Waals surface area contributed by atoms with E-state index in [2.05, 4.69) is 27.5 Å². The quantitative estimate of drug-likeness (QED) is 0.241. The molecule has 2 fully saturated rings. The van der Waals surface area contributed by atoms with E-state index in [0.29, 0.717) is 30.0 Å². The first-order chi connectivity index (χ1) is 18.2. The third-order valence-electron chi connectivity index (χ3n) is 6.87. The van der Waals surface area contributed by atoms with Gasteiger partial charge in [-0.2, -0.15) is 0 Å². The number of fused-ring (bicyclic) bond motifs is 1. The fraction of sp³-hybridized carbons (Fsp3) is 0.308. The molecule has 12 heteroatoms. The third kappa shape index (κ3) is 5.35. The van der Waals surface area contributed by atoms with Crippen molar-refractivity contribution in [3.8, 4) is 11.5 Å².